The molecule has 0 aliphatic carbocycles. The Morgan fingerprint density at radius 1 is 1.38 bits per heavy atom. The van der Waals surface area contributed by atoms with Crippen molar-refractivity contribution in [1.29, 1.82) is 0 Å². The number of carbonyl (C=O) groups is 1. The standard InChI is InChI=1S/C15H20N4O2/c1-11(2)12-6-4-5-7-13(12)21-9-8-14(20)17-15-16-10-19(3)18-15/h4-7,10-11H,8-9H2,1-3H3,(H,17,18,20). The predicted molar refractivity (Wildman–Crippen MR) is 80.3 cm³/mol. The molecule has 0 saturated carbocycles. The smallest absolute Gasteiger partial charge is 0.248 e. The van der Waals surface area contributed by atoms with Crippen LogP contribution in [-0.4, -0.2) is 27.3 Å². The lowest BCUT2D eigenvalue weighted by Gasteiger charge is -2.13. The second kappa shape index (κ2) is 6.88. The van der Waals surface area contributed by atoms with E-state index in [0.29, 0.717) is 18.5 Å². The van der Waals surface area contributed by atoms with Crippen molar-refractivity contribution in [3.63, 3.8) is 0 Å². The van der Waals surface area contributed by atoms with Gasteiger partial charge in [0.25, 0.3) is 0 Å². The molecule has 21 heavy (non-hydrogen) atoms. The fraction of sp³-hybridized carbons (Fsp3) is 0.400. The highest BCUT2D eigenvalue weighted by Crippen LogP contribution is 2.25. The Labute approximate surface area is 124 Å². The third-order valence-electron chi connectivity index (χ3n) is 2.98. The van der Waals surface area contributed by atoms with E-state index in [9.17, 15) is 4.79 Å². The van der Waals surface area contributed by atoms with Gasteiger partial charge in [0.05, 0.1) is 13.0 Å². The number of carbonyl (C=O) groups excluding carboxylic acids is 1. The van der Waals surface area contributed by atoms with Crippen LogP contribution in [0.25, 0.3) is 0 Å². The number of amides is 1. The molecule has 1 aromatic carbocycles. The summed E-state index contributed by atoms with van der Waals surface area (Å²) in [4.78, 5) is 15.7. The van der Waals surface area contributed by atoms with Gasteiger partial charge in [-0.25, -0.2) is 4.98 Å². The maximum Gasteiger partial charge on any atom is 0.248 e. The van der Waals surface area contributed by atoms with Crippen LogP contribution in [0.2, 0.25) is 0 Å². The lowest BCUT2D eigenvalue weighted by atomic mass is 10.0. The van der Waals surface area contributed by atoms with E-state index in [4.69, 9.17) is 4.74 Å². The molecule has 0 aliphatic heterocycles. The van der Waals surface area contributed by atoms with Gasteiger partial charge in [0.2, 0.25) is 11.9 Å². The van der Waals surface area contributed by atoms with E-state index in [-0.39, 0.29) is 12.3 Å². The Bertz CT molecular complexity index is 607. The Balaban J connectivity index is 1.83. The molecule has 0 fully saturated rings. The highest BCUT2D eigenvalue weighted by Gasteiger charge is 2.09. The number of ether oxygens (including phenoxy) is 1. The molecule has 1 heterocycles. The minimum absolute atomic E-state index is 0.164. The van der Waals surface area contributed by atoms with Crippen molar-refractivity contribution >= 4 is 11.9 Å². The van der Waals surface area contributed by atoms with Crippen molar-refractivity contribution in [3.05, 3.63) is 36.2 Å². The van der Waals surface area contributed by atoms with Crippen molar-refractivity contribution < 1.29 is 9.53 Å². The molecule has 0 aliphatic rings. The van der Waals surface area contributed by atoms with Crippen LogP contribution in [0.15, 0.2) is 30.6 Å². The molecule has 0 unspecified atom stereocenters. The number of aromatic nitrogens is 3. The summed E-state index contributed by atoms with van der Waals surface area (Å²) in [6.07, 6.45) is 1.79. The molecule has 0 spiro atoms. The molecule has 1 N–H and O–H groups in total. The molecule has 6 nitrogen and oxygen atoms in total. The SMILES string of the molecule is CC(C)c1ccccc1OCCC(=O)Nc1ncn(C)n1. The average molecular weight is 288 g/mol. The lowest BCUT2D eigenvalue weighted by Crippen LogP contribution is -2.16. The highest BCUT2D eigenvalue weighted by molar-refractivity contribution is 5.88. The Kier molecular flexibility index (Phi) is 4.92. The topological polar surface area (TPSA) is 69.0 Å². The minimum Gasteiger partial charge on any atom is -0.493 e. The van der Waals surface area contributed by atoms with Gasteiger partial charge in [-0.3, -0.25) is 14.8 Å². The highest BCUT2D eigenvalue weighted by atomic mass is 16.5. The first-order valence-corrected chi connectivity index (χ1v) is 6.93. The first kappa shape index (κ1) is 15.0. The number of rotatable bonds is 6. The summed E-state index contributed by atoms with van der Waals surface area (Å²) in [6, 6.07) is 7.88. The number of nitrogens with zero attached hydrogens (tertiary/aromatic N) is 3. The summed E-state index contributed by atoms with van der Waals surface area (Å²) < 4.78 is 7.24. The summed E-state index contributed by atoms with van der Waals surface area (Å²) in [7, 11) is 1.74. The average Bonchev–Trinajstić information content (AvgIpc) is 2.84. The van der Waals surface area contributed by atoms with Crippen LogP contribution in [0.1, 0.15) is 31.7 Å². The van der Waals surface area contributed by atoms with Crippen molar-refractivity contribution in [2.75, 3.05) is 11.9 Å². The molecular formula is C15H20N4O2. The van der Waals surface area contributed by atoms with Gasteiger partial charge in [-0.15, -0.1) is 5.10 Å². The van der Waals surface area contributed by atoms with E-state index in [1.54, 1.807) is 7.05 Å². The first-order chi connectivity index (χ1) is 10.1. The normalized spacial score (nSPS) is 10.7. The van der Waals surface area contributed by atoms with E-state index >= 15 is 0 Å². The van der Waals surface area contributed by atoms with Crippen LogP contribution in [0.5, 0.6) is 5.75 Å². The Hall–Kier alpha value is -2.37. The summed E-state index contributed by atoms with van der Waals surface area (Å²) in [5.41, 5.74) is 1.14. The number of aryl methyl sites for hydroxylation is 1. The Morgan fingerprint density at radius 2 is 2.14 bits per heavy atom. The van der Waals surface area contributed by atoms with Gasteiger partial charge >= 0.3 is 0 Å². The molecule has 1 aromatic heterocycles. The van der Waals surface area contributed by atoms with Gasteiger partial charge in [-0.2, -0.15) is 0 Å². The minimum atomic E-state index is -0.164. The quantitative estimate of drug-likeness (QED) is 0.886. The van der Waals surface area contributed by atoms with Gasteiger partial charge in [0.1, 0.15) is 12.1 Å². The van der Waals surface area contributed by atoms with Crippen LogP contribution in [0, 0.1) is 0 Å². The van der Waals surface area contributed by atoms with Gasteiger partial charge in [-0.05, 0) is 17.5 Å². The first-order valence-electron chi connectivity index (χ1n) is 6.93. The molecule has 0 atom stereocenters. The zero-order valence-electron chi connectivity index (χ0n) is 12.5. The molecule has 0 radical (unpaired) electrons. The molecular weight excluding hydrogens is 268 g/mol. The third kappa shape index (κ3) is 4.30. The van der Waals surface area contributed by atoms with Crippen molar-refractivity contribution in [2.24, 2.45) is 7.05 Å². The van der Waals surface area contributed by atoms with Gasteiger partial charge in [0, 0.05) is 7.05 Å². The summed E-state index contributed by atoms with van der Waals surface area (Å²) in [6.45, 7) is 4.55. The second-order valence-corrected chi connectivity index (χ2v) is 5.08. The largest absolute Gasteiger partial charge is 0.493 e. The van der Waals surface area contributed by atoms with Gasteiger partial charge < -0.3 is 4.74 Å². The van der Waals surface area contributed by atoms with Crippen LogP contribution in [0.4, 0.5) is 5.95 Å². The maximum atomic E-state index is 11.8. The lowest BCUT2D eigenvalue weighted by molar-refractivity contribution is -0.116. The maximum absolute atomic E-state index is 11.8. The van der Waals surface area contributed by atoms with Crippen LogP contribution >= 0.6 is 0 Å². The van der Waals surface area contributed by atoms with Gasteiger partial charge in [0.15, 0.2) is 0 Å². The van der Waals surface area contributed by atoms with Crippen LogP contribution in [0.3, 0.4) is 0 Å². The second-order valence-electron chi connectivity index (χ2n) is 5.08. The fourth-order valence-corrected chi connectivity index (χ4v) is 1.93. The number of hydrogen-bond donors (Lipinski definition) is 1. The Morgan fingerprint density at radius 3 is 2.81 bits per heavy atom. The summed E-state index contributed by atoms with van der Waals surface area (Å²) in [5.74, 6) is 1.36. The number of hydrogen-bond acceptors (Lipinski definition) is 4. The molecule has 112 valence electrons. The molecule has 0 bridgehead atoms. The summed E-state index contributed by atoms with van der Waals surface area (Å²) in [5, 5.41) is 6.61. The van der Waals surface area contributed by atoms with Crippen LogP contribution in [-0.2, 0) is 11.8 Å². The molecule has 6 heteroatoms. The zero-order valence-corrected chi connectivity index (χ0v) is 12.5. The van der Waals surface area contributed by atoms with Crippen molar-refractivity contribution in [1.82, 2.24) is 14.8 Å². The predicted octanol–water partition coefficient (Wildman–Crippen LogP) is 2.35. The number of para-hydroxylation sites is 1. The van der Waals surface area contributed by atoms with E-state index in [2.05, 4.69) is 29.2 Å². The molecule has 1 amide bonds. The van der Waals surface area contributed by atoms with E-state index < -0.39 is 0 Å². The monoisotopic (exact) mass is 288 g/mol. The number of benzene rings is 1. The van der Waals surface area contributed by atoms with E-state index in [1.165, 1.54) is 11.0 Å². The van der Waals surface area contributed by atoms with E-state index in [1.807, 2.05) is 24.3 Å². The van der Waals surface area contributed by atoms with Crippen molar-refractivity contribution in [2.45, 2.75) is 26.2 Å². The number of anilines is 1. The van der Waals surface area contributed by atoms with Crippen LogP contribution < -0.4 is 10.1 Å². The molecule has 0 saturated heterocycles. The van der Waals surface area contributed by atoms with E-state index in [0.717, 1.165) is 11.3 Å². The third-order valence-corrected chi connectivity index (χ3v) is 2.98. The zero-order chi connectivity index (χ0) is 15.2. The molecule has 2 aromatic rings. The molecule has 2 rings (SSSR count). The van der Waals surface area contributed by atoms with Crippen molar-refractivity contribution in [3.8, 4) is 5.75 Å². The summed E-state index contributed by atoms with van der Waals surface area (Å²) >= 11 is 0. The fourth-order valence-electron chi connectivity index (χ4n) is 1.93. The van der Waals surface area contributed by atoms with Gasteiger partial charge in [-0.1, -0.05) is 32.0 Å². The number of nitrogens with one attached hydrogen (secondary N) is 1.